The number of aryl methyl sites for hydroxylation is 1. The lowest BCUT2D eigenvalue weighted by molar-refractivity contribution is -0.154. The molecule has 3 aromatic rings. The van der Waals surface area contributed by atoms with Crippen LogP contribution in [-0.2, 0) is 33.4 Å². The van der Waals surface area contributed by atoms with Crippen LogP contribution in [0, 0.1) is 35.0 Å². The summed E-state index contributed by atoms with van der Waals surface area (Å²) in [6, 6.07) is 11.1. The van der Waals surface area contributed by atoms with Gasteiger partial charge in [-0.05, 0) is 103 Å². The van der Waals surface area contributed by atoms with Crippen LogP contribution in [0.15, 0.2) is 54.0 Å². The lowest BCUT2D eigenvalue weighted by Crippen LogP contribution is -2.63. The SMILES string of the molecule is Cc1ncsc1-c1ccc([C@H](C)NC(=O)[C@@H]2C[C@@H](OC(=O)C(NC(=O)C(N)C(C)C)C(C)C)CN2C(=O)[C@@H](NC(=O)COCCCCCNc2ccc(C(=O)NC3C(C)(C)CC3(C)C)cc2)C(C)(C)C)cc1. The van der Waals surface area contributed by atoms with Gasteiger partial charge in [-0.15, -0.1) is 11.3 Å². The Balaban J connectivity index is 1.16. The molecular weight excluding hydrogens is 933 g/mol. The monoisotopic (exact) mass is 1010 g/mol. The fraction of sp³-hybridized carbons (Fsp3) is 0.618. The quantitative estimate of drug-likeness (QED) is 0.0408. The van der Waals surface area contributed by atoms with E-state index >= 15 is 0 Å². The molecule has 1 saturated heterocycles. The van der Waals surface area contributed by atoms with Crippen molar-refractivity contribution in [3.63, 3.8) is 0 Å². The highest BCUT2D eigenvalue weighted by atomic mass is 32.1. The first-order valence-corrected chi connectivity index (χ1v) is 26.5. The van der Waals surface area contributed by atoms with Crippen molar-refractivity contribution in [2.24, 2.45) is 33.8 Å². The Kier molecular flexibility index (Phi) is 19.6. The van der Waals surface area contributed by atoms with Gasteiger partial charge in [0.2, 0.25) is 23.6 Å². The molecule has 0 spiro atoms. The fourth-order valence-electron chi connectivity index (χ4n) is 10.1. The van der Waals surface area contributed by atoms with Gasteiger partial charge in [-0.2, -0.15) is 0 Å². The molecule has 16 nitrogen and oxygen atoms in total. The van der Waals surface area contributed by atoms with Gasteiger partial charge in [0, 0.05) is 36.9 Å². The van der Waals surface area contributed by atoms with Crippen molar-refractivity contribution in [2.45, 2.75) is 164 Å². The number of esters is 1. The molecule has 2 heterocycles. The highest BCUT2D eigenvalue weighted by Crippen LogP contribution is 2.53. The third kappa shape index (κ3) is 15.1. The number of ether oxygens (including phenoxy) is 2. The van der Waals surface area contributed by atoms with E-state index in [9.17, 15) is 28.8 Å². The number of carbonyl (C=O) groups excluding carboxylic acids is 6. The van der Waals surface area contributed by atoms with E-state index in [2.05, 4.69) is 59.3 Å². The maximum Gasteiger partial charge on any atom is 0.329 e. The molecule has 0 bridgehead atoms. The average Bonchev–Trinajstić information content (AvgIpc) is 3.94. The molecule has 1 saturated carbocycles. The van der Waals surface area contributed by atoms with E-state index in [0.29, 0.717) is 18.6 Å². The number of nitrogens with two attached hydrogens (primary N) is 1. The van der Waals surface area contributed by atoms with Crippen molar-refractivity contribution >= 4 is 52.5 Å². The topological polar surface area (TPSA) is 223 Å². The van der Waals surface area contributed by atoms with Crippen LogP contribution in [0.5, 0.6) is 0 Å². The molecule has 72 heavy (non-hydrogen) atoms. The maximum atomic E-state index is 14.7. The van der Waals surface area contributed by atoms with E-state index in [1.54, 1.807) is 30.7 Å². The van der Waals surface area contributed by atoms with Gasteiger partial charge in [-0.25, -0.2) is 9.78 Å². The second-order valence-electron chi connectivity index (χ2n) is 23.0. The van der Waals surface area contributed by atoms with Crippen LogP contribution >= 0.6 is 11.3 Å². The predicted octanol–water partition coefficient (Wildman–Crippen LogP) is 7.32. The highest BCUT2D eigenvalue weighted by Gasteiger charge is 2.53. The van der Waals surface area contributed by atoms with Crippen LogP contribution in [0.3, 0.4) is 0 Å². The first-order valence-electron chi connectivity index (χ1n) is 25.6. The normalized spacial score (nSPS) is 19.1. The predicted molar refractivity (Wildman–Crippen MR) is 283 cm³/mol. The summed E-state index contributed by atoms with van der Waals surface area (Å²) in [7, 11) is 0. The Morgan fingerprint density at radius 1 is 0.861 bits per heavy atom. The van der Waals surface area contributed by atoms with Gasteiger partial charge in [0.1, 0.15) is 30.8 Å². The van der Waals surface area contributed by atoms with Gasteiger partial charge in [-0.1, -0.05) is 100 Å². The zero-order valence-electron chi connectivity index (χ0n) is 44.9. The molecule has 0 radical (unpaired) electrons. The third-order valence-electron chi connectivity index (χ3n) is 14.0. The zero-order valence-corrected chi connectivity index (χ0v) is 45.7. The molecule has 2 unspecified atom stereocenters. The van der Waals surface area contributed by atoms with E-state index in [-0.39, 0.29) is 54.2 Å². The maximum absolute atomic E-state index is 14.7. The fourth-order valence-corrected chi connectivity index (χ4v) is 10.9. The standard InChI is InChI=1S/C55H82N8O8S/c1-32(2)43(56)49(67)61-44(33(3)4)51(69)71-40-27-41(48(66)59-34(5)36-17-19-37(20-18-36)45-35(6)58-31-72-45)63(28-40)50(68)46(53(7,8)9)60-42(64)29-70-26-16-14-15-25-57-39-23-21-38(22-24-39)47(65)62-52-54(10,11)30-55(52,12)13/h17-24,31-34,40-41,43-44,46,52,57H,14-16,25-30,56H2,1-13H3,(H,59,66)(H,60,64)(H,61,67)(H,62,65)/t34-,40+,41-,43?,44?,46+/m0/s1. The van der Waals surface area contributed by atoms with Gasteiger partial charge < -0.3 is 46.7 Å². The van der Waals surface area contributed by atoms with Crippen LogP contribution < -0.4 is 32.3 Å². The summed E-state index contributed by atoms with van der Waals surface area (Å²) in [4.78, 5) is 88.9. The number of anilines is 1. The Morgan fingerprint density at radius 2 is 1.51 bits per heavy atom. The molecule has 5 rings (SSSR count). The minimum absolute atomic E-state index is 0.00383. The molecule has 1 aliphatic heterocycles. The number of benzene rings is 2. The molecule has 1 aliphatic carbocycles. The van der Waals surface area contributed by atoms with Crippen LogP contribution in [0.2, 0.25) is 0 Å². The number of likely N-dealkylation sites (tertiary alicyclic amines) is 1. The van der Waals surface area contributed by atoms with Gasteiger partial charge in [0.25, 0.3) is 5.91 Å². The van der Waals surface area contributed by atoms with Crippen LogP contribution in [0.25, 0.3) is 10.4 Å². The molecule has 2 fully saturated rings. The lowest BCUT2D eigenvalue weighted by atomic mass is 9.52. The Labute approximate surface area is 431 Å². The summed E-state index contributed by atoms with van der Waals surface area (Å²) >= 11 is 1.55. The van der Waals surface area contributed by atoms with E-state index in [1.165, 1.54) is 4.90 Å². The van der Waals surface area contributed by atoms with Crippen molar-refractivity contribution < 1.29 is 38.2 Å². The number of rotatable bonds is 23. The number of aromatic nitrogens is 1. The van der Waals surface area contributed by atoms with Crippen molar-refractivity contribution in [1.82, 2.24) is 31.2 Å². The third-order valence-corrected chi connectivity index (χ3v) is 15.0. The average molecular weight is 1020 g/mol. The summed E-state index contributed by atoms with van der Waals surface area (Å²) in [6.45, 7) is 25.9. The number of thiazole rings is 1. The number of amides is 5. The number of nitrogens with one attached hydrogen (secondary N) is 5. The van der Waals surface area contributed by atoms with Crippen LogP contribution in [0.1, 0.15) is 143 Å². The summed E-state index contributed by atoms with van der Waals surface area (Å²) in [6.07, 6.45) is 2.60. The van der Waals surface area contributed by atoms with Gasteiger partial charge in [0.15, 0.2) is 0 Å². The summed E-state index contributed by atoms with van der Waals surface area (Å²) in [5.74, 6) is -3.18. The smallest absolute Gasteiger partial charge is 0.329 e. The van der Waals surface area contributed by atoms with Gasteiger partial charge >= 0.3 is 5.97 Å². The molecule has 2 aliphatic rings. The molecule has 1 aromatic heterocycles. The second-order valence-corrected chi connectivity index (χ2v) is 23.8. The Bertz CT molecular complexity index is 2330. The first kappa shape index (κ1) is 57.5. The Hall–Kier alpha value is -5.39. The minimum atomic E-state index is -1.06. The minimum Gasteiger partial charge on any atom is -0.459 e. The molecule has 17 heteroatoms. The number of carbonyl (C=O) groups is 6. The number of hydrogen-bond donors (Lipinski definition) is 6. The molecule has 6 atom stereocenters. The number of unbranched alkanes of at least 4 members (excludes halogenated alkanes) is 2. The van der Waals surface area contributed by atoms with Crippen molar-refractivity contribution in [3.05, 3.63) is 70.9 Å². The van der Waals surface area contributed by atoms with Crippen LogP contribution in [0.4, 0.5) is 5.69 Å². The van der Waals surface area contributed by atoms with Gasteiger partial charge in [0.05, 0.1) is 34.7 Å². The number of nitrogens with zero attached hydrogens (tertiary/aromatic N) is 2. The van der Waals surface area contributed by atoms with Crippen molar-refractivity contribution in [1.29, 1.82) is 0 Å². The van der Waals surface area contributed by atoms with E-state index in [4.69, 9.17) is 15.2 Å². The molecule has 396 valence electrons. The van der Waals surface area contributed by atoms with Crippen molar-refractivity contribution in [2.75, 3.05) is 31.6 Å². The van der Waals surface area contributed by atoms with Crippen molar-refractivity contribution in [3.8, 4) is 10.4 Å². The van der Waals surface area contributed by atoms with E-state index < -0.39 is 71.3 Å². The zero-order chi connectivity index (χ0) is 53.3. The lowest BCUT2D eigenvalue weighted by Gasteiger charge is -2.57. The van der Waals surface area contributed by atoms with Gasteiger partial charge in [-0.3, -0.25) is 24.0 Å². The first-order chi connectivity index (χ1) is 33.7. The second kappa shape index (κ2) is 24.6. The summed E-state index contributed by atoms with van der Waals surface area (Å²) in [5, 5.41) is 15.3. The highest BCUT2D eigenvalue weighted by molar-refractivity contribution is 7.13. The van der Waals surface area contributed by atoms with E-state index in [0.717, 1.165) is 53.2 Å². The largest absolute Gasteiger partial charge is 0.459 e. The number of hydrogen-bond acceptors (Lipinski definition) is 12. The molecule has 7 N–H and O–H groups in total. The Morgan fingerprint density at radius 3 is 2.08 bits per heavy atom. The summed E-state index contributed by atoms with van der Waals surface area (Å²) < 4.78 is 11.8. The van der Waals surface area contributed by atoms with Crippen LogP contribution in [-0.4, -0.2) is 108 Å². The molecule has 5 amide bonds. The molecule has 2 aromatic carbocycles. The van der Waals surface area contributed by atoms with E-state index in [1.807, 2.05) is 97.0 Å². The molecular formula is C55H82N8O8S. The summed E-state index contributed by atoms with van der Waals surface area (Å²) in [5.41, 5.74) is 11.6.